The van der Waals surface area contributed by atoms with Crippen LogP contribution in [0.4, 0.5) is 0 Å². The highest BCUT2D eigenvalue weighted by Gasteiger charge is 2.36. The van der Waals surface area contributed by atoms with Gasteiger partial charge in [-0.2, -0.15) is 0 Å². The number of carbonyl (C=O) groups is 1. The Labute approximate surface area is 136 Å². The van der Waals surface area contributed by atoms with E-state index < -0.39 is 0 Å². The normalized spacial score (nSPS) is 21.8. The molecule has 1 N–H and O–H groups in total. The van der Waals surface area contributed by atoms with Crippen molar-refractivity contribution in [3.8, 4) is 0 Å². The molecule has 0 saturated carbocycles. The summed E-state index contributed by atoms with van der Waals surface area (Å²) in [6.07, 6.45) is 0. The monoisotopic (exact) mass is 323 g/mol. The Kier molecular flexibility index (Phi) is 5.66. The first-order chi connectivity index (χ1) is 10.5. The van der Waals surface area contributed by atoms with Gasteiger partial charge in [-0.25, -0.2) is 0 Å². The molecule has 0 amide bonds. The van der Waals surface area contributed by atoms with Gasteiger partial charge in [-0.05, 0) is 23.6 Å². The second-order valence-corrected chi connectivity index (χ2v) is 5.98. The minimum atomic E-state index is -0.153. The maximum absolute atomic E-state index is 11.8. The van der Waals surface area contributed by atoms with Crippen LogP contribution in [0, 0.1) is 11.8 Å². The first kappa shape index (κ1) is 16.6. The maximum atomic E-state index is 11.8. The molecule has 1 fully saturated rings. The van der Waals surface area contributed by atoms with E-state index in [1.165, 1.54) is 7.11 Å². The zero-order valence-corrected chi connectivity index (χ0v) is 13.9. The molecular formula is C16H22ClN3O2. The summed E-state index contributed by atoms with van der Waals surface area (Å²) >= 11 is 5.99. The highest BCUT2D eigenvalue weighted by molar-refractivity contribution is 6.30. The molecular weight excluding hydrogens is 302 g/mol. The standard InChI is InChI=1S/C16H22ClN3O2/c1-11-9-20(10-14(11)15(21)22-3)16(18-2)19-8-12-5-4-6-13(17)7-12/h4-7,11,14H,8-10H2,1-3H3,(H,18,19). The van der Waals surface area contributed by atoms with Crippen LogP contribution in [0.15, 0.2) is 29.3 Å². The first-order valence-corrected chi connectivity index (χ1v) is 7.70. The summed E-state index contributed by atoms with van der Waals surface area (Å²) in [6, 6.07) is 7.71. The third kappa shape index (κ3) is 3.91. The summed E-state index contributed by atoms with van der Waals surface area (Å²) in [4.78, 5) is 18.2. The number of likely N-dealkylation sites (tertiary alicyclic amines) is 1. The van der Waals surface area contributed by atoms with Gasteiger partial charge in [0.1, 0.15) is 0 Å². The second kappa shape index (κ2) is 7.49. The predicted octanol–water partition coefficient (Wildman–Crippen LogP) is 2.16. The van der Waals surface area contributed by atoms with E-state index in [4.69, 9.17) is 16.3 Å². The van der Waals surface area contributed by atoms with Crippen LogP contribution in [0.2, 0.25) is 5.02 Å². The smallest absolute Gasteiger partial charge is 0.310 e. The van der Waals surface area contributed by atoms with E-state index in [-0.39, 0.29) is 17.8 Å². The lowest BCUT2D eigenvalue weighted by atomic mass is 9.99. The molecule has 0 radical (unpaired) electrons. The van der Waals surface area contributed by atoms with E-state index >= 15 is 0 Å². The zero-order valence-electron chi connectivity index (χ0n) is 13.2. The van der Waals surface area contributed by atoms with Gasteiger partial charge in [-0.1, -0.05) is 30.7 Å². The van der Waals surface area contributed by atoms with Crippen LogP contribution in [-0.2, 0) is 16.1 Å². The molecule has 2 atom stereocenters. The molecule has 0 aromatic heterocycles. The number of benzene rings is 1. The third-order valence-corrected chi connectivity index (χ3v) is 4.20. The van der Waals surface area contributed by atoms with Crippen LogP contribution in [0.5, 0.6) is 0 Å². The van der Waals surface area contributed by atoms with Gasteiger partial charge in [0.25, 0.3) is 0 Å². The van der Waals surface area contributed by atoms with Gasteiger partial charge in [0, 0.05) is 31.7 Å². The lowest BCUT2D eigenvalue weighted by molar-refractivity contribution is -0.145. The number of methoxy groups -OCH3 is 1. The Hall–Kier alpha value is -1.75. The SMILES string of the molecule is CN=C(NCc1cccc(Cl)c1)N1CC(C)C(C(=O)OC)C1. The van der Waals surface area contributed by atoms with Crippen LogP contribution in [-0.4, -0.2) is 44.1 Å². The number of nitrogens with one attached hydrogen (secondary N) is 1. The van der Waals surface area contributed by atoms with E-state index in [2.05, 4.69) is 22.1 Å². The Morgan fingerprint density at radius 3 is 2.91 bits per heavy atom. The van der Waals surface area contributed by atoms with Crippen molar-refractivity contribution in [2.75, 3.05) is 27.2 Å². The molecule has 1 saturated heterocycles. The van der Waals surface area contributed by atoms with Gasteiger partial charge < -0.3 is 15.0 Å². The fraction of sp³-hybridized carbons (Fsp3) is 0.500. The van der Waals surface area contributed by atoms with Gasteiger partial charge >= 0.3 is 5.97 Å². The molecule has 6 heteroatoms. The van der Waals surface area contributed by atoms with E-state index in [9.17, 15) is 4.79 Å². The van der Waals surface area contributed by atoms with Crippen molar-refractivity contribution in [1.82, 2.24) is 10.2 Å². The van der Waals surface area contributed by atoms with Crippen LogP contribution in [0.1, 0.15) is 12.5 Å². The molecule has 0 spiro atoms. The number of carbonyl (C=O) groups excluding carboxylic acids is 1. The van der Waals surface area contributed by atoms with Gasteiger partial charge in [0.05, 0.1) is 13.0 Å². The quantitative estimate of drug-likeness (QED) is 0.526. The van der Waals surface area contributed by atoms with E-state index in [0.717, 1.165) is 23.1 Å². The van der Waals surface area contributed by atoms with E-state index in [1.807, 2.05) is 24.3 Å². The molecule has 2 unspecified atom stereocenters. The molecule has 0 bridgehead atoms. The zero-order chi connectivity index (χ0) is 16.1. The third-order valence-electron chi connectivity index (χ3n) is 3.97. The van der Waals surface area contributed by atoms with Gasteiger partial charge in [0.15, 0.2) is 5.96 Å². The molecule has 0 aliphatic carbocycles. The van der Waals surface area contributed by atoms with Gasteiger partial charge in [-0.15, -0.1) is 0 Å². The van der Waals surface area contributed by atoms with Crippen LogP contribution in [0.3, 0.4) is 0 Å². The van der Waals surface area contributed by atoms with E-state index in [1.54, 1.807) is 7.05 Å². The average Bonchev–Trinajstić information content (AvgIpc) is 2.89. The summed E-state index contributed by atoms with van der Waals surface area (Å²) in [6.45, 7) is 4.12. The van der Waals surface area contributed by atoms with Crippen molar-refractivity contribution >= 4 is 23.5 Å². The minimum absolute atomic E-state index is 0.102. The number of nitrogens with zero attached hydrogens (tertiary/aromatic N) is 2. The topological polar surface area (TPSA) is 53.9 Å². The van der Waals surface area contributed by atoms with Crippen molar-refractivity contribution in [1.29, 1.82) is 0 Å². The van der Waals surface area contributed by atoms with Crippen molar-refractivity contribution < 1.29 is 9.53 Å². The summed E-state index contributed by atoms with van der Waals surface area (Å²) < 4.78 is 4.87. The van der Waals surface area contributed by atoms with Crippen LogP contribution < -0.4 is 5.32 Å². The van der Waals surface area contributed by atoms with Gasteiger partial charge in [0.2, 0.25) is 0 Å². The van der Waals surface area contributed by atoms with Gasteiger partial charge in [-0.3, -0.25) is 9.79 Å². The van der Waals surface area contributed by atoms with Crippen molar-refractivity contribution in [3.63, 3.8) is 0 Å². The maximum Gasteiger partial charge on any atom is 0.310 e. The lowest BCUT2D eigenvalue weighted by Crippen LogP contribution is -2.40. The first-order valence-electron chi connectivity index (χ1n) is 7.33. The van der Waals surface area contributed by atoms with Crippen molar-refractivity contribution in [2.24, 2.45) is 16.8 Å². The van der Waals surface area contributed by atoms with Crippen molar-refractivity contribution in [3.05, 3.63) is 34.9 Å². The second-order valence-electron chi connectivity index (χ2n) is 5.54. The molecule has 1 aromatic rings. The summed E-state index contributed by atoms with van der Waals surface area (Å²) in [5.41, 5.74) is 1.09. The highest BCUT2D eigenvalue weighted by atomic mass is 35.5. The van der Waals surface area contributed by atoms with Crippen LogP contribution >= 0.6 is 11.6 Å². The molecule has 1 aliphatic heterocycles. The summed E-state index contributed by atoms with van der Waals surface area (Å²) in [7, 11) is 3.18. The fourth-order valence-electron chi connectivity index (χ4n) is 2.76. The number of ether oxygens (including phenoxy) is 1. The predicted molar refractivity (Wildman–Crippen MR) is 87.9 cm³/mol. The molecule has 22 heavy (non-hydrogen) atoms. The van der Waals surface area contributed by atoms with E-state index in [0.29, 0.717) is 13.1 Å². The number of guanidine groups is 1. The molecule has 1 aliphatic rings. The van der Waals surface area contributed by atoms with Crippen molar-refractivity contribution in [2.45, 2.75) is 13.5 Å². The Balaban J connectivity index is 1.97. The summed E-state index contributed by atoms with van der Waals surface area (Å²) in [5.74, 6) is 0.783. The minimum Gasteiger partial charge on any atom is -0.469 e. The summed E-state index contributed by atoms with van der Waals surface area (Å²) in [5, 5.41) is 4.04. The number of esters is 1. The average molecular weight is 324 g/mol. The Morgan fingerprint density at radius 1 is 1.50 bits per heavy atom. The number of halogens is 1. The highest BCUT2D eigenvalue weighted by Crippen LogP contribution is 2.24. The molecule has 1 aromatic carbocycles. The largest absolute Gasteiger partial charge is 0.469 e. The number of hydrogen-bond donors (Lipinski definition) is 1. The number of aliphatic imine (C=N–C) groups is 1. The van der Waals surface area contributed by atoms with Crippen LogP contribution in [0.25, 0.3) is 0 Å². The lowest BCUT2D eigenvalue weighted by Gasteiger charge is -2.21. The Morgan fingerprint density at radius 2 is 2.27 bits per heavy atom. The number of hydrogen-bond acceptors (Lipinski definition) is 3. The fourth-order valence-corrected chi connectivity index (χ4v) is 2.97. The molecule has 5 nitrogen and oxygen atoms in total. The molecule has 1 heterocycles. The molecule has 120 valence electrons. The molecule has 2 rings (SSSR count). The Bertz CT molecular complexity index is 562. The number of rotatable bonds is 3.